The van der Waals surface area contributed by atoms with Gasteiger partial charge in [0, 0.05) is 6.42 Å². The zero-order chi connectivity index (χ0) is 20.7. The zero-order valence-electron chi connectivity index (χ0n) is 15.6. The number of methoxy groups -OCH3 is 2. The van der Waals surface area contributed by atoms with Crippen LogP contribution >= 0.6 is 0 Å². The monoisotopic (exact) mass is 386 g/mol. The van der Waals surface area contributed by atoms with Gasteiger partial charge >= 0.3 is 5.97 Å². The van der Waals surface area contributed by atoms with Crippen LogP contribution in [0.15, 0.2) is 42.5 Å². The third kappa shape index (κ3) is 5.51. The van der Waals surface area contributed by atoms with Crippen LogP contribution in [0.3, 0.4) is 0 Å². The molecular formula is C21H22O7. The van der Waals surface area contributed by atoms with E-state index in [0.717, 1.165) is 0 Å². The molecule has 0 aliphatic carbocycles. The third-order valence-electron chi connectivity index (χ3n) is 4.17. The largest absolute Gasteiger partial charge is 0.504 e. The van der Waals surface area contributed by atoms with Gasteiger partial charge in [-0.05, 0) is 47.9 Å². The number of allylic oxidation sites excluding steroid dienone is 1. The maximum Gasteiger partial charge on any atom is 0.309 e. The highest BCUT2D eigenvalue weighted by molar-refractivity contribution is 5.96. The summed E-state index contributed by atoms with van der Waals surface area (Å²) in [4.78, 5) is 24.3. The van der Waals surface area contributed by atoms with Gasteiger partial charge in [0.15, 0.2) is 28.8 Å². The Hall–Kier alpha value is -3.48. The first-order valence-corrected chi connectivity index (χ1v) is 8.50. The number of phenolic OH excluding ortho intramolecular Hbond substituents is 3. The van der Waals surface area contributed by atoms with Crippen molar-refractivity contribution in [1.82, 2.24) is 0 Å². The average molecular weight is 386 g/mol. The van der Waals surface area contributed by atoms with Gasteiger partial charge in [-0.3, -0.25) is 9.59 Å². The lowest BCUT2D eigenvalue weighted by Gasteiger charge is -2.13. The van der Waals surface area contributed by atoms with Crippen LogP contribution < -0.4 is 4.74 Å². The SMILES string of the molecule is COC(=O)C(CC(=O)C=Cc1ccc(OC)c(O)c1)Cc1ccc(O)c(O)c1. The predicted molar refractivity (Wildman–Crippen MR) is 102 cm³/mol. The molecule has 0 aliphatic heterocycles. The molecule has 1 unspecified atom stereocenters. The van der Waals surface area contributed by atoms with Gasteiger partial charge < -0.3 is 24.8 Å². The summed E-state index contributed by atoms with van der Waals surface area (Å²) in [6.07, 6.45) is 2.93. The molecule has 3 N–H and O–H groups in total. The first-order valence-electron chi connectivity index (χ1n) is 8.50. The second-order valence-electron chi connectivity index (χ2n) is 6.18. The summed E-state index contributed by atoms with van der Waals surface area (Å²) in [7, 11) is 2.68. The maximum absolute atomic E-state index is 12.3. The van der Waals surface area contributed by atoms with E-state index in [9.17, 15) is 24.9 Å². The number of esters is 1. The molecule has 2 aromatic carbocycles. The van der Waals surface area contributed by atoms with E-state index in [4.69, 9.17) is 9.47 Å². The van der Waals surface area contributed by atoms with E-state index in [0.29, 0.717) is 16.9 Å². The number of phenols is 3. The van der Waals surface area contributed by atoms with Crippen molar-refractivity contribution in [2.24, 2.45) is 5.92 Å². The highest BCUT2D eigenvalue weighted by atomic mass is 16.5. The first kappa shape index (κ1) is 20.8. The molecule has 0 saturated heterocycles. The Balaban J connectivity index is 2.08. The summed E-state index contributed by atoms with van der Waals surface area (Å²) >= 11 is 0. The molecule has 0 saturated carbocycles. The third-order valence-corrected chi connectivity index (χ3v) is 4.17. The van der Waals surface area contributed by atoms with Crippen LogP contribution in [0.5, 0.6) is 23.0 Å². The molecule has 7 heteroatoms. The lowest BCUT2D eigenvalue weighted by Crippen LogP contribution is -2.21. The number of ketones is 1. The highest BCUT2D eigenvalue weighted by Gasteiger charge is 2.22. The van der Waals surface area contributed by atoms with E-state index in [2.05, 4.69) is 0 Å². The van der Waals surface area contributed by atoms with Gasteiger partial charge in [-0.25, -0.2) is 0 Å². The smallest absolute Gasteiger partial charge is 0.309 e. The molecule has 0 aromatic heterocycles. The topological polar surface area (TPSA) is 113 Å². The predicted octanol–water partition coefficient (Wildman–Crippen LogP) is 2.82. The molecule has 7 nitrogen and oxygen atoms in total. The number of hydrogen-bond acceptors (Lipinski definition) is 7. The van der Waals surface area contributed by atoms with Crippen molar-refractivity contribution in [1.29, 1.82) is 0 Å². The quantitative estimate of drug-likeness (QED) is 0.363. The van der Waals surface area contributed by atoms with Crippen LogP contribution in [0.25, 0.3) is 6.08 Å². The van der Waals surface area contributed by atoms with Crippen LogP contribution in [0, 0.1) is 5.92 Å². The number of ether oxygens (including phenoxy) is 2. The second kappa shape index (κ2) is 9.45. The highest BCUT2D eigenvalue weighted by Crippen LogP contribution is 2.28. The summed E-state index contributed by atoms with van der Waals surface area (Å²) in [5.41, 5.74) is 1.19. The van der Waals surface area contributed by atoms with Gasteiger partial charge in [-0.15, -0.1) is 0 Å². The first-order chi connectivity index (χ1) is 13.3. The fourth-order valence-electron chi connectivity index (χ4n) is 2.70. The second-order valence-corrected chi connectivity index (χ2v) is 6.18. The Morgan fingerprint density at radius 3 is 2.36 bits per heavy atom. The zero-order valence-corrected chi connectivity index (χ0v) is 15.6. The van der Waals surface area contributed by atoms with Gasteiger partial charge in [0.1, 0.15) is 0 Å². The summed E-state index contributed by atoms with van der Waals surface area (Å²) in [6, 6.07) is 8.93. The molecule has 1 atom stereocenters. The lowest BCUT2D eigenvalue weighted by atomic mass is 9.93. The van der Waals surface area contributed by atoms with Crippen LogP contribution in [-0.4, -0.2) is 41.3 Å². The molecule has 0 heterocycles. The minimum Gasteiger partial charge on any atom is -0.504 e. The average Bonchev–Trinajstić information content (AvgIpc) is 2.68. The van der Waals surface area contributed by atoms with E-state index < -0.39 is 11.9 Å². The summed E-state index contributed by atoms with van der Waals surface area (Å²) in [5.74, 6) is -1.87. The molecule has 0 aliphatic rings. The van der Waals surface area contributed by atoms with E-state index in [1.807, 2.05) is 0 Å². The van der Waals surface area contributed by atoms with Gasteiger partial charge in [-0.2, -0.15) is 0 Å². The maximum atomic E-state index is 12.3. The molecule has 0 fully saturated rings. The van der Waals surface area contributed by atoms with E-state index in [1.165, 1.54) is 44.6 Å². The standard InChI is InChI=1S/C21H22O7/c1-27-20-8-5-13(10-19(20)25)3-6-16(22)12-15(21(26)28-2)9-14-4-7-17(23)18(24)11-14/h3-8,10-11,15,23-25H,9,12H2,1-2H3. The fraction of sp³-hybridized carbons (Fsp3) is 0.238. The Kier molecular flexibility index (Phi) is 7.03. The molecule has 2 rings (SSSR count). The molecule has 28 heavy (non-hydrogen) atoms. The Labute approximate surface area is 162 Å². The number of hydrogen-bond donors (Lipinski definition) is 3. The van der Waals surface area contributed by atoms with E-state index in [1.54, 1.807) is 18.2 Å². The van der Waals surface area contributed by atoms with Gasteiger partial charge in [0.25, 0.3) is 0 Å². The van der Waals surface area contributed by atoms with Crippen molar-refractivity contribution in [2.75, 3.05) is 14.2 Å². The number of carbonyl (C=O) groups is 2. The Morgan fingerprint density at radius 2 is 1.75 bits per heavy atom. The van der Waals surface area contributed by atoms with E-state index >= 15 is 0 Å². The van der Waals surface area contributed by atoms with Gasteiger partial charge in [0.2, 0.25) is 0 Å². The van der Waals surface area contributed by atoms with Gasteiger partial charge in [-0.1, -0.05) is 18.2 Å². The number of carbonyl (C=O) groups excluding carboxylic acids is 2. The summed E-state index contributed by atoms with van der Waals surface area (Å²) in [5, 5.41) is 28.7. The summed E-state index contributed by atoms with van der Waals surface area (Å²) in [6.45, 7) is 0. The van der Waals surface area contributed by atoms with Crippen molar-refractivity contribution in [3.05, 3.63) is 53.6 Å². The number of benzene rings is 2. The van der Waals surface area contributed by atoms with Crippen molar-refractivity contribution >= 4 is 17.8 Å². The fourth-order valence-corrected chi connectivity index (χ4v) is 2.70. The minimum absolute atomic E-state index is 0.0447. The normalized spacial score (nSPS) is 11.9. The molecule has 0 radical (unpaired) electrons. The molecule has 0 spiro atoms. The van der Waals surface area contributed by atoms with E-state index in [-0.39, 0.29) is 35.9 Å². The van der Waals surface area contributed by atoms with Crippen LogP contribution in [0.4, 0.5) is 0 Å². The molecule has 148 valence electrons. The number of aromatic hydroxyl groups is 3. The van der Waals surface area contributed by atoms with Crippen molar-refractivity contribution in [3.63, 3.8) is 0 Å². The van der Waals surface area contributed by atoms with Crippen molar-refractivity contribution in [2.45, 2.75) is 12.8 Å². The van der Waals surface area contributed by atoms with Crippen LogP contribution in [0.2, 0.25) is 0 Å². The van der Waals surface area contributed by atoms with Gasteiger partial charge in [0.05, 0.1) is 20.1 Å². The molecule has 2 aromatic rings. The Bertz CT molecular complexity index is 886. The Morgan fingerprint density at radius 1 is 1.00 bits per heavy atom. The van der Waals surface area contributed by atoms with Crippen LogP contribution in [-0.2, 0) is 20.7 Å². The number of rotatable bonds is 8. The molecule has 0 bridgehead atoms. The lowest BCUT2D eigenvalue weighted by molar-refractivity contribution is -0.146. The molecular weight excluding hydrogens is 364 g/mol. The summed E-state index contributed by atoms with van der Waals surface area (Å²) < 4.78 is 9.73. The van der Waals surface area contributed by atoms with Crippen molar-refractivity contribution in [3.8, 4) is 23.0 Å². The van der Waals surface area contributed by atoms with Crippen LogP contribution in [0.1, 0.15) is 17.5 Å². The van der Waals surface area contributed by atoms with Crippen molar-refractivity contribution < 1.29 is 34.4 Å². The molecule has 0 amide bonds. The minimum atomic E-state index is -0.740.